The molecule has 0 aromatic heterocycles. The minimum absolute atomic E-state index is 0. The van der Waals surface area contributed by atoms with Crippen LogP contribution in [0.1, 0.15) is 29.6 Å². The third-order valence-electron chi connectivity index (χ3n) is 2.98. The van der Waals surface area contributed by atoms with E-state index in [0.717, 1.165) is 18.8 Å². The molecule has 1 aliphatic rings. The van der Waals surface area contributed by atoms with Crippen molar-refractivity contribution in [3.8, 4) is 0 Å². The molecule has 0 unspecified atom stereocenters. The molecule has 92 valence electrons. The van der Waals surface area contributed by atoms with E-state index in [2.05, 4.69) is 4.90 Å². The van der Waals surface area contributed by atoms with Gasteiger partial charge in [-0.15, -0.1) is 0 Å². The molecular formula is C13H17NO3. The zero-order chi connectivity index (χ0) is 11.4. The number of benzene rings is 1. The van der Waals surface area contributed by atoms with Gasteiger partial charge in [-0.3, -0.25) is 9.59 Å². The molecule has 0 spiro atoms. The fraction of sp³-hybridized carbons (Fsp3) is 0.385. The maximum atomic E-state index is 11.1. The molecule has 1 heterocycles. The molecule has 0 aliphatic carbocycles. The maximum Gasteiger partial charge on any atom is 0.225 e. The quantitative estimate of drug-likeness (QED) is 0.449. The van der Waals surface area contributed by atoms with Gasteiger partial charge in [0.1, 0.15) is 0 Å². The van der Waals surface area contributed by atoms with E-state index in [0.29, 0.717) is 11.8 Å². The van der Waals surface area contributed by atoms with Crippen molar-refractivity contribution < 1.29 is 15.1 Å². The monoisotopic (exact) mass is 235 g/mol. The molecule has 1 aromatic rings. The highest BCUT2D eigenvalue weighted by atomic mass is 16.2. The number of carbonyl (C=O) groups is 2. The molecule has 0 atom stereocenters. The van der Waals surface area contributed by atoms with Crippen molar-refractivity contribution in [2.24, 2.45) is 0 Å². The van der Waals surface area contributed by atoms with Gasteiger partial charge in [0.2, 0.25) is 5.78 Å². The first kappa shape index (κ1) is 13.4. The van der Waals surface area contributed by atoms with Crippen LogP contribution in [-0.2, 0) is 4.79 Å². The summed E-state index contributed by atoms with van der Waals surface area (Å²) in [5.74, 6) is -0.454. The topological polar surface area (TPSA) is 68.9 Å². The Morgan fingerprint density at radius 1 is 1.06 bits per heavy atom. The molecule has 17 heavy (non-hydrogen) atoms. The van der Waals surface area contributed by atoms with Crippen LogP contribution in [0.25, 0.3) is 0 Å². The number of carbonyl (C=O) groups excluding carboxylic acids is 2. The summed E-state index contributed by atoms with van der Waals surface area (Å²) in [6.07, 6.45) is 4.12. The summed E-state index contributed by atoms with van der Waals surface area (Å²) in [5.41, 5.74) is 1.61. The Kier molecular flexibility index (Phi) is 4.84. The summed E-state index contributed by atoms with van der Waals surface area (Å²) in [4.78, 5) is 23.8. The molecule has 4 nitrogen and oxygen atoms in total. The minimum atomic E-state index is -0.454. The number of nitrogens with zero attached hydrogens (tertiary/aromatic N) is 1. The van der Waals surface area contributed by atoms with Gasteiger partial charge in [0.15, 0.2) is 6.29 Å². The predicted molar refractivity (Wildman–Crippen MR) is 66.5 cm³/mol. The Morgan fingerprint density at radius 2 is 1.65 bits per heavy atom. The Morgan fingerprint density at radius 3 is 2.18 bits per heavy atom. The molecular weight excluding hydrogens is 218 g/mol. The van der Waals surface area contributed by atoms with Gasteiger partial charge in [-0.05, 0) is 43.5 Å². The second-order valence-electron chi connectivity index (χ2n) is 4.08. The van der Waals surface area contributed by atoms with Gasteiger partial charge in [0.25, 0.3) is 0 Å². The third kappa shape index (κ3) is 3.14. The first-order valence-electron chi connectivity index (χ1n) is 5.66. The highest BCUT2D eigenvalue weighted by Gasteiger charge is 2.11. The van der Waals surface area contributed by atoms with E-state index in [1.165, 1.54) is 19.3 Å². The molecule has 0 saturated carbocycles. The van der Waals surface area contributed by atoms with Crippen LogP contribution in [0, 0.1) is 0 Å². The van der Waals surface area contributed by atoms with Crippen LogP contribution in [0.5, 0.6) is 0 Å². The molecule has 1 fully saturated rings. The van der Waals surface area contributed by atoms with Gasteiger partial charge < -0.3 is 10.4 Å². The van der Waals surface area contributed by atoms with E-state index in [1.807, 2.05) is 12.1 Å². The summed E-state index contributed by atoms with van der Waals surface area (Å²) in [6, 6.07) is 7.28. The second-order valence-corrected chi connectivity index (χ2v) is 4.08. The lowest BCUT2D eigenvalue weighted by molar-refractivity contribution is -0.104. The van der Waals surface area contributed by atoms with Crippen molar-refractivity contribution in [2.45, 2.75) is 19.3 Å². The van der Waals surface area contributed by atoms with E-state index < -0.39 is 5.78 Å². The van der Waals surface area contributed by atoms with Gasteiger partial charge in [0, 0.05) is 24.3 Å². The number of aldehydes is 1. The van der Waals surface area contributed by atoms with Gasteiger partial charge in [-0.1, -0.05) is 0 Å². The number of Topliss-reactive ketones (excluding diaryl/α,β-unsaturated/α-hetero) is 1. The molecule has 2 rings (SSSR count). The molecule has 4 heteroatoms. The zero-order valence-corrected chi connectivity index (χ0v) is 9.69. The number of ketones is 1. The predicted octanol–water partition coefficient (Wildman–Crippen LogP) is 1.23. The average molecular weight is 235 g/mol. The first-order chi connectivity index (χ1) is 7.81. The van der Waals surface area contributed by atoms with Crippen molar-refractivity contribution >= 4 is 17.8 Å². The summed E-state index contributed by atoms with van der Waals surface area (Å²) in [7, 11) is 0. The molecule has 1 saturated heterocycles. The van der Waals surface area contributed by atoms with Crippen LogP contribution in [0.15, 0.2) is 24.3 Å². The maximum absolute atomic E-state index is 11.1. The molecule has 0 radical (unpaired) electrons. The van der Waals surface area contributed by atoms with E-state index in [-0.39, 0.29) is 5.48 Å². The number of hydrogen-bond donors (Lipinski definition) is 0. The van der Waals surface area contributed by atoms with Crippen molar-refractivity contribution in [1.82, 2.24) is 0 Å². The Bertz CT molecular complexity index is 380. The van der Waals surface area contributed by atoms with Crippen LogP contribution < -0.4 is 4.90 Å². The summed E-state index contributed by atoms with van der Waals surface area (Å²) in [5, 5.41) is 0. The smallest absolute Gasteiger partial charge is 0.225 e. The lowest BCUT2D eigenvalue weighted by Gasteiger charge is -2.28. The Balaban J connectivity index is 0.00000144. The fourth-order valence-electron chi connectivity index (χ4n) is 2.06. The molecule has 0 bridgehead atoms. The summed E-state index contributed by atoms with van der Waals surface area (Å²) in [6.45, 7) is 2.17. The van der Waals surface area contributed by atoms with Gasteiger partial charge in [0.05, 0.1) is 0 Å². The zero-order valence-electron chi connectivity index (χ0n) is 9.69. The third-order valence-corrected chi connectivity index (χ3v) is 2.98. The van der Waals surface area contributed by atoms with Crippen LogP contribution in [0.2, 0.25) is 0 Å². The van der Waals surface area contributed by atoms with Gasteiger partial charge in [-0.25, -0.2) is 0 Å². The molecule has 0 amide bonds. The van der Waals surface area contributed by atoms with E-state index >= 15 is 0 Å². The number of anilines is 1. The first-order valence-corrected chi connectivity index (χ1v) is 5.66. The van der Waals surface area contributed by atoms with E-state index in [4.69, 9.17) is 0 Å². The average Bonchev–Trinajstić information content (AvgIpc) is 2.39. The lowest BCUT2D eigenvalue weighted by atomic mass is 10.1. The number of hydrogen-bond acceptors (Lipinski definition) is 3. The van der Waals surface area contributed by atoms with Crippen LogP contribution in [-0.4, -0.2) is 30.6 Å². The van der Waals surface area contributed by atoms with Crippen molar-refractivity contribution in [3.63, 3.8) is 0 Å². The largest absolute Gasteiger partial charge is 0.412 e. The number of piperidine rings is 1. The SMILES string of the molecule is O.O=CC(=O)c1ccc(N2CCCCC2)cc1. The van der Waals surface area contributed by atoms with E-state index in [1.54, 1.807) is 12.1 Å². The van der Waals surface area contributed by atoms with Crippen LogP contribution >= 0.6 is 0 Å². The molecule has 2 N–H and O–H groups in total. The van der Waals surface area contributed by atoms with Crippen molar-refractivity contribution in [3.05, 3.63) is 29.8 Å². The highest BCUT2D eigenvalue weighted by molar-refractivity contribution is 6.33. The Hall–Kier alpha value is -1.68. The van der Waals surface area contributed by atoms with Gasteiger partial charge in [-0.2, -0.15) is 0 Å². The summed E-state index contributed by atoms with van der Waals surface area (Å²) < 4.78 is 0. The fourth-order valence-corrected chi connectivity index (χ4v) is 2.06. The highest BCUT2D eigenvalue weighted by Crippen LogP contribution is 2.20. The second kappa shape index (κ2) is 6.15. The van der Waals surface area contributed by atoms with Crippen molar-refractivity contribution in [1.29, 1.82) is 0 Å². The van der Waals surface area contributed by atoms with Crippen LogP contribution in [0.3, 0.4) is 0 Å². The van der Waals surface area contributed by atoms with Gasteiger partial charge >= 0.3 is 0 Å². The van der Waals surface area contributed by atoms with Crippen LogP contribution in [0.4, 0.5) is 5.69 Å². The standard InChI is InChI=1S/C13H15NO2.H2O/c15-10-13(16)11-4-6-12(7-5-11)14-8-2-1-3-9-14;/h4-7,10H,1-3,8-9H2;1H2. The Labute approximate surface area is 101 Å². The van der Waals surface area contributed by atoms with Crippen molar-refractivity contribution in [2.75, 3.05) is 18.0 Å². The van der Waals surface area contributed by atoms with E-state index in [9.17, 15) is 9.59 Å². The number of rotatable bonds is 3. The minimum Gasteiger partial charge on any atom is -0.412 e. The summed E-state index contributed by atoms with van der Waals surface area (Å²) >= 11 is 0. The lowest BCUT2D eigenvalue weighted by Crippen LogP contribution is -2.29. The molecule has 1 aromatic carbocycles. The normalized spacial score (nSPS) is 14.9. The molecule has 1 aliphatic heterocycles.